The molecule has 1 aromatic carbocycles. The maximum atomic E-state index is 12.3. The molecular weight excluding hydrogens is 385 g/mol. The lowest BCUT2D eigenvalue weighted by atomic mass is 10.1. The SMILES string of the molecule is O=C(CC1CCC(=O)N1Cc1ccc(Cl)cc1)NS(=O)(=O)C(F)(F)F. The number of hydrogen-bond acceptors (Lipinski definition) is 4. The van der Waals surface area contributed by atoms with Crippen molar-refractivity contribution < 1.29 is 31.2 Å². The highest BCUT2D eigenvalue weighted by atomic mass is 35.5. The van der Waals surface area contributed by atoms with Gasteiger partial charge in [-0.25, -0.2) is 4.72 Å². The molecule has 0 aromatic heterocycles. The number of sulfonamides is 1. The van der Waals surface area contributed by atoms with Crippen LogP contribution in [0.5, 0.6) is 0 Å². The zero-order valence-electron chi connectivity index (χ0n) is 12.7. The fraction of sp³-hybridized carbons (Fsp3) is 0.429. The number of rotatable bonds is 5. The number of nitrogens with one attached hydrogen (secondary N) is 1. The molecule has 1 heterocycles. The van der Waals surface area contributed by atoms with E-state index in [0.717, 1.165) is 10.3 Å². The molecule has 1 unspecified atom stereocenters. The van der Waals surface area contributed by atoms with E-state index >= 15 is 0 Å². The molecule has 138 valence electrons. The third kappa shape index (κ3) is 4.85. The fourth-order valence-corrected chi connectivity index (χ4v) is 3.10. The van der Waals surface area contributed by atoms with E-state index in [1.807, 2.05) is 0 Å². The minimum absolute atomic E-state index is 0.136. The van der Waals surface area contributed by atoms with Crippen molar-refractivity contribution in [2.45, 2.75) is 37.4 Å². The summed E-state index contributed by atoms with van der Waals surface area (Å²) in [6.45, 7) is 0.153. The predicted octanol–water partition coefficient (Wildman–Crippen LogP) is 2.19. The summed E-state index contributed by atoms with van der Waals surface area (Å²) in [6, 6.07) is 5.93. The van der Waals surface area contributed by atoms with Gasteiger partial charge in [-0.15, -0.1) is 0 Å². The standard InChI is InChI=1S/C14H14ClF3N2O4S/c15-10-3-1-9(2-4-10)8-20-11(5-6-13(20)22)7-12(21)19-25(23,24)14(16,17)18/h1-4,11H,5-8H2,(H,19,21). The van der Waals surface area contributed by atoms with Gasteiger partial charge in [-0.1, -0.05) is 23.7 Å². The zero-order chi connectivity index (χ0) is 18.8. The van der Waals surface area contributed by atoms with Crippen LogP contribution in [0.15, 0.2) is 24.3 Å². The van der Waals surface area contributed by atoms with E-state index in [9.17, 15) is 31.2 Å². The van der Waals surface area contributed by atoms with E-state index in [0.29, 0.717) is 5.02 Å². The number of carbonyl (C=O) groups excluding carboxylic acids is 2. The molecule has 6 nitrogen and oxygen atoms in total. The summed E-state index contributed by atoms with van der Waals surface area (Å²) in [7, 11) is -5.75. The highest BCUT2D eigenvalue weighted by molar-refractivity contribution is 7.90. The van der Waals surface area contributed by atoms with Crippen molar-refractivity contribution in [1.82, 2.24) is 9.62 Å². The quantitative estimate of drug-likeness (QED) is 0.824. The largest absolute Gasteiger partial charge is 0.516 e. The second-order valence-electron chi connectivity index (χ2n) is 5.52. The van der Waals surface area contributed by atoms with Gasteiger partial charge in [-0.05, 0) is 24.1 Å². The lowest BCUT2D eigenvalue weighted by Crippen LogP contribution is -2.43. The Morgan fingerprint density at radius 3 is 2.44 bits per heavy atom. The lowest BCUT2D eigenvalue weighted by Gasteiger charge is -2.24. The van der Waals surface area contributed by atoms with Crippen LogP contribution in [0, 0.1) is 0 Å². The van der Waals surface area contributed by atoms with E-state index in [1.165, 1.54) is 4.90 Å². The van der Waals surface area contributed by atoms with Crippen LogP contribution < -0.4 is 4.72 Å². The average molecular weight is 399 g/mol. The van der Waals surface area contributed by atoms with Gasteiger partial charge in [0.05, 0.1) is 0 Å². The van der Waals surface area contributed by atoms with E-state index in [2.05, 4.69) is 0 Å². The molecule has 2 rings (SSSR count). The fourth-order valence-electron chi connectivity index (χ4n) is 2.47. The van der Waals surface area contributed by atoms with Crippen LogP contribution >= 0.6 is 11.6 Å². The molecule has 1 aliphatic heterocycles. The molecule has 11 heteroatoms. The van der Waals surface area contributed by atoms with E-state index < -0.39 is 33.9 Å². The Morgan fingerprint density at radius 1 is 1.28 bits per heavy atom. The summed E-state index contributed by atoms with van der Waals surface area (Å²) in [6.07, 6.45) is -0.141. The average Bonchev–Trinajstić information content (AvgIpc) is 2.80. The Morgan fingerprint density at radius 2 is 1.88 bits per heavy atom. The summed E-state index contributed by atoms with van der Waals surface area (Å²) in [5.74, 6) is -1.57. The molecule has 1 aliphatic rings. The lowest BCUT2D eigenvalue weighted by molar-refractivity contribution is -0.130. The molecule has 25 heavy (non-hydrogen) atoms. The number of nitrogens with zero attached hydrogens (tertiary/aromatic N) is 1. The van der Waals surface area contributed by atoms with Crippen LogP contribution in [0.25, 0.3) is 0 Å². The van der Waals surface area contributed by atoms with Gasteiger partial charge in [0.15, 0.2) is 0 Å². The molecule has 1 atom stereocenters. The van der Waals surface area contributed by atoms with Gasteiger partial charge in [-0.3, -0.25) is 9.59 Å². The van der Waals surface area contributed by atoms with Gasteiger partial charge in [0, 0.05) is 30.5 Å². The Balaban J connectivity index is 2.04. The topological polar surface area (TPSA) is 83.6 Å². The van der Waals surface area contributed by atoms with Crippen LogP contribution in [0.3, 0.4) is 0 Å². The number of hydrogen-bond donors (Lipinski definition) is 1. The first kappa shape index (κ1) is 19.5. The van der Waals surface area contributed by atoms with Gasteiger partial charge in [0.1, 0.15) is 0 Å². The molecule has 0 saturated carbocycles. The maximum Gasteiger partial charge on any atom is 0.516 e. The van der Waals surface area contributed by atoms with Crippen LogP contribution in [0.4, 0.5) is 13.2 Å². The first-order chi connectivity index (χ1) is 11.5. The minimum Gasteiger partial charge on any atom is -0.335 e. The summed E-state index contributed by atoms with van der Waals surface area (Å²) in [5, 5.41) is 0.504. The predicted molar refractivity (Wildman–Crippen MR) is 82.8 cm³/mol. The highest BCUT2D eigenvalue weighted by Crippen LogP contribution is 2.26. The third-order valence-electron chi connectivity index (χ3n) is 3.69. The van der Waals surface area contributed by atoms with Crippen molar-refractivity contribution in [3.05, 3.63) is 34.9 Å². The molecule has 0 spiro atoms. The summed E-state index contributed by atoms with van der Waals surface area (Å²) in [4.78, 5) is 25.0. The van der Waals surface area contributed by atoms with Gasteiger partial charge < -0.3 is 4.90 Å². The van der Waals surface area contributed by atoms with Crippen molar-refractivity contribution in [3.8, 4) is 0 Å². The van der Waals surface area contributed by atoms with Crippen molar-refractivity contribution >= 4 is 33.4 Å². The van der Waals surface area contributed by atoms with Gasteiger partial charge in [-0.2, -0.15) is 21.6 Å². The Bertz CT molecular complexity index is 765. The third-order valence-corrected chi connectivity index (χ3v) is 5.05. The molecule has 1 aromatic rings. The van der Waals surface area contributed by atoms with Gasteiger partial charge in [0.25, 0.3) is 0 Å². The molecule has 1 N–H and O–H groups in total. The molecule has 0 bridgehead atoms. The zero-order valence-corrected chi connectivity index (χ0v) is 14.3. The Hall–Kier alpha value is -1.81. The normalized spacial score (nSPS) is 18.5. The summed E-state index contributed by atoms with van der Waals surface area (Å²) >= 11 is 5.77. The molecular formula is C14H14ClF3N2O4S. The Labute approximate surface area is 147 Å². The molecule has 0 aliphatic carbocycles. The van der Waals surface area contributed by atoms with Gasteiger partial charge in [0.2, 0.25) is 11.8 Å². The highest BCUT2D eigenvalue weighted by Gasteiger charge is 2.47. The van der Waals surface area contributed by atoms with Crippen LogP contribution in [0.1, 0.15) is 24.8 Å². The van der Waals surface area contributed by atoms with E-state index in [4.69, 9.17) is 11.6 Å². The van der Waals surface area contributed by atoms with Crippen molar-refractivity contribution in [2.24, 2.45) is 0 Å². The number of amides is 2. The van der Waals surface area contributed by atoms with E-state index in [-0.39, 0.29) is 25.3 Å². The second-order valence-corrected chi connectivity index (χ2v) is 7.63. The monoisotopic (exact) mass is 398 g/mol. The second kappa shape index (κ2) is 7.20. The van der Waals surface area contributed by atoms with Crippen molar-refractivity contribution in [1.29, 1.82) is 0 Å². The number of alkyl halides is 3. The number of halogens is 4. The first-order valence-electron chi connectivity index (χ1n) is 7.15. The number of likely N-dealkylation sites (tertiary alicyclic amines) is 1. The molecule has 0 radical (unpaired) electrons. The number of benzene rings is 1. The summed E-state index contributed by atoms with van der Waals surface area (Å²) < 4.78 is 59.8. The number of carbonyl (C=O) groups is 2. The maximum absolute atomic E-state index is 12.3. The Kier molecular flexibility index (Phi) is 5.62. The molecule has 1 saturated heterocycles. The molecule has 2 amide bonds. The van der Waals surface area contributed by atoms with Crippen molar-refractivity contribution in [2.75, 3.05) is 0 Å². The first-order valence-corrected chi connectivity index (χ1v) is 9.01. The van der Waals surface area contributed by atoms with Crippen LogP contribution in [-0.4, -0.2) is 36.7 Å². The van der Waals surface area contributed by atoms with Crippen LogP contribution in [0.2, 0.25) is 5.02 Å². The van der Waals surface area contributed by atoms with Gasteiger partial charge >= 0.3 is 15.5 Å². The summed E-state index contributed by atoms with van der Waals surface area (Å²) in [5.41, 5.74) is -4.84. The smallest absolute Gasteiger partial charge is 0.335 e. The van der Waals surface area contributed by atoms with Crippen molar-refractivity contribution in [3.63, 3.8) is 0 Å². The van der Waals surface area contributed by atoms with Crippen LogP contribution in [-0.2, 0) is 26.2 Å². The van der Waals surface area contributed by atoms with E-state index in [1.54, 1.807) is 24.3 Å². The minimum atomic E-state index is -5.75. The molecule has 1 fully saturated rings.